The van der Waals surface area contributed by atoms with Crippen LogP contribution in [0.3, 0.4) is 0 Å². The Hall–Kier alpha value is -1.91. The van der Waals surface area contributed by atoms with Gasteiger partial charge in [0.2, 0.25) is 0 Å². The Bertz CT molecular complexity index is 755. The quantitative estimate of drug-likeness (QED) is 0.707. The molecule has 4 heteroatoms. The molecule has 1 atom stereocenters. The predicted octanol–water partition coefficient (Wildman–Crippen LogP) is 4.77. The molecular weight excluding hydrogens is 297 g/mol. The molecule has 1 aromatic heterocycles. The summed E-state index contributed by atoms with van der Waals surface area (Å²) in [6.45, 7) is 0.807. The van der Waals surface area contributed by atoms with Crippen molar-refractivity contribution in [1.29, 1.82) is 0 Å². The highest BCUT2D eigenvalue weighted by Gasteiger charge is 2.15. The third-order valence-electron chi connectivity index (χ3n) is 3.59. The number of fused-ring (bicyclic) bond motifs is 1. The Balaban J connectivity index is 1.91. The van der Waals surface area contributed by atoms with E-state index < -0.39 is 0 Å². The van der Waals surface area contributed by atoms with Crippen molar-refractivity contribution < 1.29 is 9.13 Å². The molecule has 0 fully saturated rings. The first-order chi connectivity index (χ1) is 10.8. The molecule has 114 valence electrons. The largest absolute Gasteiger partial charge is 0.484 e. The zero-order valence-corrected chi connectivity index (χ0v) is 13.2. The minimum atomic E-state index is -0.232. The summed E-state index contributed by atoms with van der Waals surface area (Å²) < 4.78 is 20.9. The standard InChI is InChI=1S/C18H18FNOS/c1-20-10-8-16(14-5-2-6-15(19)12-14)21-17-7-3-4-13-9-11-22-18(13)17/h2-7,9,11-12,16,20H,8,10H2,1H3/t16-/m0/s1. The van der Waals surface area contributed by atoms with Crippen LogP contribution in [0.2, 0.25) is 0 Å². The Morgan fingerprint density at radius 3 is 2.86 bits per heavy atom. The Labute approximate surface area is 133 Å². The maximum Gasteiger partial charge on any atom is 0.138 e. The number of benzene rings is 2. The van der Waals surface area contributed by atoms with E-state index in [-0.39, 0.29) is 11.9 Å². The number of ether oxygens (including phenoxy) is 1. The molecule has 3 rings (SSSR count). The molecule has 0 unspecified atom stereocenters. The summed E-state index contributed by atoms with van der Waals surface area (Å²) in [5, 5.41) is 6.36. The molecule has 1 heterocycles. The van der Waals surface area contributed by atoms with Crippen molar-refractivity contribution in [3.8, 4) is 5.75 Å². The van der Waals surface area contributed by atoms with E-state index in [1.54, 1.807) is 23.5 Å². The predicted molar refractivity (Wildman–Crippen MR) is 90.1 cm³/mol. The summed E-state index contributed by atoms with van der Waals surface area (Å²) in [7, 11) is 1.91. The van der Waals surface area contributed by atoms with Crippen molar-refractivity contribution >= 4 is 21.4 Å². The van der Waals surface area contributed by atoms with E-state index in [2.05, 4.69) is 22.8 Å². The summed E-state index contributed by atoms with van der Waals surface area (Å²) in [5.74, 6) is 0.628. The summed E-state index contributed by atoms with van der Waals surface area (Å²) in [4.78, 5) is 0. The second-order valence-corrected chi connectivity index (χ2v) is 6.06. The van der Waals surface area contributed by atoms with Crippen LogP contribution in [0.1, 0.15) is 18.1 Å². The summed E-state index contributed by atoms with van der Waals surface area (Å²) >= 11 is 1.66. The van der Waals surface area contributed by atoms with E-state index in [0.29, 0.717) is 0 Å². The first-order valence-corrected chi connectivity index (χ1v) is 8.19. The van der Waals surface area contributed by atoms with Gasteiger partial charge in [-0.3, -0.25) is 0 Å². The highest BCUT2D eigenvalue weighted by atomic mass is 32.1. The lowest BCUT2D eigenvalue weighted by molar-refractivity contribution is 0.197. The smallest absolute Gasteiger partial charge is 0.138 e. The van der Waals surface area contributed by atoms with Crippen LogP contribution in [0, 0.1) is 5.82 Å². The SMILES string of the molecule is CNCC[C@H](Oc1cccc2ccsc12)c1cccc(F)c1. The Morgan fingerprint density at radius 1 is 1.18 bits per heavy atom. The number of hydrogen-bond donors (Lipinski definition) is 1. The van der Waals surface area contributed by atoms with Gasteiger partial charge in [-0.15, -0.1) is 11.3 Å². The molecule has 2 nitrogen and oxygen atoms in total. The van der Waals surface area contributed by atoms with Crippen LogP contribution < -0.4 is 10.1 Å². The van der Waals surface area contributed by atoms with E-state index >= 15 is 0 Å². The van der Waals surface area contributed by atoms with Gasteiger partial charge in [0, 0.05) is 6.42 Å². The van der Waals surface area contributed by atoms with E-state index in [4.69, 9.17) is 4.74 Å². The minimum Gasteiger partial charge on any atom is -0.484 e. The van der Waals surface area contributed by atoms with Gasteiger partial charge in [0.1, 0.15) is 17.7 Å². The number of hydrogen-bond acceptors (Lipinski definition) is 3. The molecule has 3 aromatic rings. The summed E-state index contributed by atoms with van der Waals surface area (Å²) in [6.07, 6.45) is 0.609. The summed E-state index contributed by atoms with van der Waals surface area (Å²) in [5.41, 5.74) is 0.865. The molecule has 0 radical (unpaired) electrons. The molecule has 22 heavy (non-hydrogen) atoms. The third kappa shape index (κ3) is 3.29. The lowest BCUT2D eigenvalue weighted by Gasteiger charge is -2.20. The van der Waals surface area contributed by atoms with Crippen LogP contribution in [0.4, 0.5) is 4.39 Å². The fraction of sp³-hybridized carbons (Fsp3) is 0.222. The van der Waals surface area contributed by atoms with E-state index in [0.717, 1.165) is 29.0 Å². The van der Waals surface area contributed by atoms with Gasteiger partial charge in [-0.25, -0.2) is 4.39 Å². The lowest BCUT2D eigenvalue weighted by Crippen LogP contribution is -2.16. The van der Waals surface area contributed by atoms with Crippen molar-refractivity contribution in [1.82, 2.24) is 5.32 Å². The average Bonchev–Trinajstić information content (AvgIpc) is 3.00. The molecular formula is C18H18FNOS. The van der Waals surface area contributed by atoms with Gasteiger partial charge >= 0.3 is 0 Å². The van der Waals surface area contributed by atoms with Gasteiger partial charge in [0.25, 0.3) is 0 Å². The highest BCUT2D eigenvalue weighted by Crippen LogP contribution is 2.34. The topological polar surface area (TPSA) is 21.3 Å². The molecule has 0 spiro atoms. The van der Waals surface area contributed by atoms with Crippen LogP contribution in [0.5, 0.6) is 5.75 Å². The number of halogens is 1. The number of rotatable bonds is 6. The van der Waals surface area contributed by atoms with Crippen molar-refractivity contribution in [2.75, 3.05) is 13.6 Å². The maximum absolute atomic E-state index is 13.5. The zero-order valence-electron chi connectivity index (χ0n) is 12.4. The van der Waals surface area contributed by atoms with Crippen LogP contribution in [-0.4, -0.2) is 13.6 Å². The first-order valence-electron chi connectivity index (χ1n) is 7.31. The molecule has 1 N–H and O–H groups in total. The normalized spacial score (nSPS) is 12.5. The van der Waals surface area contributed by atoms with Gasteiger partial charge in [-0.2, -0.15) is 0 Å². The number of thiophene rings is 1. The van der Waals surface area contributed by atoms with Gasteiger partial charge in [-0.05, 0) is 54.2 Å². The molecule has 0 saturated heterocycles. The molecule has 0 aliphatic rings. The summed E-state index contributed by atoms with van der Waals surface area (Å²) in [6, 6.07) is 14.8. The van der Waals surface area contributed by atoms with Crippen LogP contribution in [0.25, 0.3) is 10.1 Å². The van der Waals surface area contributed by atoms with Crippen LogP contribution in [-0.2, 0) is 0 Å². The highest BCUT2D eigenvalue weighted by molar-refractivity contribution is 7.17. The third-order valence-corrected chi connectivity index (χ3v) is 4.53. The molecule has 0 amide bonds. The monoisotopic (exact) mass is 315 g/mol. The molecule has 2 aromatic carbocycles. The second kappa shape index (κ2) is 6.90. The average molecular weight is 315 g/mol. The molecule has 0 aliphatic carbocycles. The van der Waals surface area contributed by atoms with Crippen LogP contribution >= 0.6 is 11.3 Å². The Morgan fingerprint density at radius 2 is 2.05 bits per heavy atom. The van der Waals surface area contributed by atoms with Crippen molar-refractivity contribution in [3.05, 3.63) is 65.3 Å². The first kappa shape index (κ1) is 15.0. The molecule has 0 aliphatic heterocycles. The molecule has 0 saturated carbocycles. The fourth-order valence-electron chi connectivity index (χ4n) is 2.49. The van der Waals surface area contributed by atoms with Crippen molar-refractivity contribution in [2.45, 2.75) is 12.5 Å². The lowest BCUT2D eigenvalue weighted by atomic mass is 10.1. The van der Waals surface area contributed by atoms with Gasteiger partial charge in [-0.1, -0.05) is 24.3 Å². The van der Waals surface area contributed by atoms with Gasteiger partial charge < -0.3 is 10.1 Å². The van der Waals surface area contributed by atoms with E-state index in [1.807, 2.05) is 25.2 Å². The van der Waals surface area contributed by atoms with Gasteiger partial charge in [0.15, 0.2) is 0 Å². The van der Waals surface area contributed by atoms with Crippen molar-refractivity contribution in [3.63, 3.8) is 0 Å². The van der Waals surface area contributed by atoms with E-state index in [9.17, 15) is 4.39 Å². The minimum absolute atomic E-state index is 0.171. The van der Waals surface area contributed by atoms with Gasteiger partial charge in [0.05, 0.1) is 4.70 Å². The van der Waals surface area contributed by atoms with E-state index in [1.165, 1.54) is 11.5 Å². The maximum atomic E-state index is 13.5. The molecule has 0 bridgehead atoms. The second-order valence-electron chi connectivity index (χ2n) is 5.15. The Kier molecular flexibility index (Phi) is 4.71. The zero-order chi connectivity index (χ0) is 15.4. The number of nitrogens with one attached hydrogen (secondary N) is 1. The fourth-order valence-corrected chi connectivity index (χ4v) is 3.34. The van der Waals surface area contributed by atoms with Crippen molar-refractivity contribution in [2.24, 2.45) is 0 Å². The van der Waals surface area contributed by atoms with Crippen LogP contribution in [0.15, 0.2) is 53.9 Å².